The predicted molar refractivity (Wildman–Crippen MR) is 71.1 cm³/mol. The van der Waals surface area contributed by atoms with Crippen LogP contribution in [0.25, 0.3) is 0 Å². The smallest absolute Gasteiger partial charge is 0.287 e. The molecule has 0 bridgehead atoms. The van der Waals surface area contributed by atoms with Crippen LogP contribution in [0.1, 0.15) is 46.5 Å². The van der Waals surface area contributed by atoms with Crippen LogP contribution in [0.2, 0.25) is 0 Å². The van der Waals surface area contributed by atoms with Crippen molar-refractivity contribution in [1.82, 2.24) is 0 Å². The van der Waals surface area contributed by atoms with E-state index in [0.717, 1.165) is 25.7 Å². The van der Waals surface area contributed by atoms with E-state index in [2.05, 4.69) is 6.92 Å². The van der Waals surface area contributed by atoms with E-state index < -0.39 is 5.41 Å². The third-order valence-corrected chi connectivity index (χ3v) is 2.91. The maximum atomic E-state index is 11.9. The molecule has 0 N–H and O–H groups in total. The molecular formula is C15H22O3. The van der Waals surface area contributed by atoms with Gasteiger partial charge < -0.3 is 0 Å². The maximum Gasteiger partial charge on any atom is 0.360 e. The first kappa shape index (κ1) is 14.6. The van der Waals surface area contributed by atoms with Gasteiger partial charge in [0.2, 0.25) is 0 Å². The van der Waals surface area contributed by atoms with E-state index in [1.165, 1.54) is 0 Å². The number of benzene rings is 1. The summed E-state index contributed by atoms with van der Waals surface area (Å²) in [5.41, 5.74) is -0.496. The summed E-state index contributed by atoms with van der Waals surface area (Å²) in [6, 6.07) is 9.03. The van der Waals surface area contributed by atoms with Crippen LogP contribution in [0.3, 0.4) is 0 Å². The highest BCUT2D eigenvalue weighted by Crippen LogP contribution is 2.25. The number of hydrogen-bond acceptors (Lipinski definition) is 3. The molecule has 0 saturated carbocycles. The van der Waals surface area contributed by atoms with Crippen molar-refractivity contribution in [3.05, 3.63) is 30.3 Å². The van der Waals surface area contributed by atoms with Gasteiger partial charge in [0.25, 0.3) is 0 Å². The summed E-state index contributed by atoms with van der Waals surface area (Å²) in [7, 11) is 0. The van der Waals surface area contributed by atoms with Gasteiger partial charge in [0.15, 0.2) is 5.75 Å². The Morgan fingerprint density at radius 1 is 1.17 bits per heavy atom. The number of carbonyl (C=O) groups is 1. The molecule has 1 rings (SSSR count). The fourth-order valence-electron chi connectivity index (χ4n) is 1.59. The lowest BCUT2D eigenvalue weighted by Crippen LogP contribution is -2.27. The molecule has 0 amide bonds. The van der Waals surface area contributed by atoms with Crippen LogP contribution in [0, 0.1) is 5.41 Å². The Hall–Kier alpha value is -1.51. The largest absolute Gasteiger partial charge is 0.360 e. The van der Waals surface area contributed by atoms with E-state index >= 15 is 0 Å². The first-order chi connectivity index (χ1) is 8.56. The predicted octanol–water partition coefficient (Wildman–Crippen LogP) is 4.13. The summed E-state index contributed by atoms with van der Waals surface area (Å²) >= 11 is 0. The van der Waals surface area contributed by atoms with Crippen molar-refractivity contribution in [1.29, 1.82) is 0 Å². The minimum atomic E-state index is -0.496. The molecule has 1 aromatic carbocycles. The summed E-state index contributed by atoms with van der Waals surface area (Å²) in [6.07, 6.45) is 4.13. The standard InChI is InChI=1S/C15H22O3/c1-4-5-9-12-15(2,3)14(16)18-17-13-10-7-6-8-11-13/h6-8,10-11H,4-5,9,12H2,1-3H3. The van der Waals surface area contributed by atoms with Crippen molar-refractivity contribution in [2.75, 3.05) is 0 Å². The molecule has 0 aromatic heterocycles. The minimum Gasteiger partial charge on any atom is -0.287 e. The van der Waals surface area contributed by atoms with Gasteiger partial charge in [-0.3, -0.25) is 4.89 Å². The van der Waals surface area contributed by atoms with Gasteiger partial charge in [-0.05, 0) is 32.4 Å². The summed E-state index contributed by atoms with van der Waals surface area (Å²) in [6.45, 7) is 5.92. The quantitative estimate of drug-likeness (QED) is 0.414. The van der Waals surface area contributed by atoms with Crippen molar-refractivity contribution >= 4 is 5.97 Å². The molecule has 0 unspecified atom stereocenters. The number of hydrogen-bond donors (Lipinski definition) is 0. The van der Waals surface area contributed by atoms with Gasteiger partial charge >= 0.3 is 5.97 Å². The molecule has 100 valence electrons. The van der Waals surface area contributed by atoms with Gasteiger partial charge in [-0.1, -0.05) is 44.4 Å². The molecule has 0 aliphatic carbocycles. The van der Waals surface area contributed by atoms with Crippen molar-refractivity contribution in [3.8, 4) is 5.75 Å². The zero-order valence-corrected chi connectivity index (χ0v) is 11.4. The highest BCUT2D eigenvalue weighted by Gasteiger charge is 2.30. The first-order valence-electron chi connectivity index (χ1n) is 6.50. The zero-order valence-electron chi connectivity index (χ0n) is 11.4. The van der Waals surface area contributed by atoms with Gasteiger partial charge in [0.05, 0.1) is 5.41 Å². The highest BCUT2D eigenvalue weighted by molar-refractivity contribution is 5.75. The Morgan fingerprint density at radius 3 is 2.44 bits per heavy atom. The molecular weight excluding hydrogens is 228 g/mol. The lowest BCUT2D eigenvalue weighted by atomic mass is 9.87. The minimum absolute atomic E-state index is 0.317. The number of rotatable bonds is 7. The average molecular weight is 250 g/mol. The zero-order chi connectivity index (χ0) is 13.4. The topological polar surface area (TPSA) is 35.5 Å². The van der Waals surface area contributed by atoms with Crippen molar-refractivity contribution in [2.24, 2.45) is 5.41 Å². The van der Waals surface area contributed by atoms with E-state index in [0.29, 0.717) is 5.75 Å². The molecule has 0 atom stereocenters. The number of carbonyl (C=O) groups excluding carboxylic acids is 1. The van der Waals surface area contributed by atoms with E-state index in [1.54, 1.807) is 12.1 Å². The summed E-state index contributed by atoms with van der Waals surface area (Å²) < 4.78 is 0. The van der Waals surface area contributed by atoms with Crippen LogP contribution < -0.4 is 4.89 Å². The molecule has 0 fully saturated rings. The Morgan fingerprint density at radius 2 is 1.83 bits per heavy atom. The van der Waals surface area contributed by atoms with Crippen molar-refractivity contribution in [2.45, 2.75) is 46.5 Å². The lowest BCUT2D eigenvalue weighted by molar-refractivity contribution is -0.224. The first-order valence-corrected chi connectivity index (χ1v) is 6.50. The maximum absolute atomic E-state index is 11.9. The molecule has 0 saturated heterocycles. The monoisotopic (exact) mass is 250 g/mol. The van der Waals surface area contributed by atoms with E-state index in [1.807, 2.05) is 32.0 Å². The van der Waals surface area contributed by atoms with Crippen LogP contribution >= 0.6 is 0 Å². The van der Waals surface area contributed by atoms with Gasteiger partial charge in [-0.15, -0.1) is 0 Å². The van der Waals surface area contributed by atoms with Crippen LogP contribution in [0.15, 0.2) is 30.3 Å². The molecule has 0 aliphatic heterocycles. The molecule has 3 heteroatoms. The Balaban J connectivity index is 2.39. The third-order valence-electron chi connectivity index (χ3n) is 2.91. The number of unbranched alkanes of at least 4 members (excludes halogenated alkanes) is 2. The Labute approximate surface area is 109 Å². The van der Waals surface area contributed by atoms with Gasteiger partial charge in [0.1, 0.15) is 0 Å². The van der Waals surface area contributed by atoms with E-state index in [-0.39, 0.29) is 5.97 Å². The van der Waals surface area contributed by atoms with Crippen molar-refractivity contribution in [3.63, 3.8) is 0 Å². The molecule has 18 heavy (non-hydrogen) atoms. The van der Waals surface area contributed by atoms with Gasteiger partial charge in [-0.2, -0.15) is 0 Å². The summed E-state index contributed by atoms with van der Waals surface area (Å²) in [5, 5.41) is 0. The highest BCUT2D eigenvalue weighted by atomic mass is 17.2. The Kier molecular flexibility index (Phi) is 5.69. The molecule has 3 nitrogen and oxygen atoms in total. The average Bonchev–Trinajstić information content (AvgIpc) is 2.37. The second kappa shape index (κ2) is 7.04. The normalized spacial score (nSPS) is 11.1. The molecule has 0 spiro atoms. The fourth-order valence-corrected chi connectivity index (χ4v) is 1.59. The van der Waals surface area contributed by atoms with Crippen LogP contribution in [0.4, 0.5) is 0 Å². The molecule has 0 heterocycles. The van der Waals surface area contributed by atoms with Crippen LogP contribution in [-0.4, -0.2) is 5.97 Å². The van der Waals surface area contributed by atoms with Crippen molar-refractivity contribution < 1.29 is 14.6 Å². The SMILES string of the molecule is CCCCCC(C)(C)C(=O)OOc1ccccc1. The summed E-state index contributed by atoms with van der Waals surface area (Å²) in [5.74, 6) is 0.220. The van der Waals surface area contributed by atoms with Crippen LogP contribution in [0.5, 0.6) is 5.75 Å². The third kappa shape index (κ3) is 4.78. The molecule has 0 radical (unpaired) electrons. The molecule has 1 aromatic rings. The van der Waals surface area contributed by atoms with Gasteiger partial charge in [0, 0.05) is 0 Å². The Bertz CT molecular complexity index is 357. The number of para-hydroxylation sites is 1. The van der Waals surface area contributed by atoms with Crippen LogP contribution in [-0.2, 0) is 9.68 Å². The molecule has 0 aliphatic rings. The fraction of sp³-hybridized carbons (Fsp3) is 0.533. The summed E-state index contributed by atoms with van der Waals surface area (Å²) in [4.78, 5) is 21.8. The van der Waals surface area contributed by atoms with E-state index in [4.69, 9.17) is 9.78 Å². The second-order valence-electron chi connectivity index (χ2n) is 5.11. The lowest BCUT2D eigenvalue weighted by Gasteiger charge is -2.20. The van der Waals surface area contributed by atoms with Gasteiger partial charge in [-0.25, -0.2) is 9.68 Å². The van der Waals surface area contributed by atoms with E-state index in [9.17, 15) is 4.79 Å². The second-order valence-corrected chi connectivity index (χ2v) is 5.11.